The van der Waals surface area contributed by atoms with E-state index in [-0.39, 0.29) is 17.2 Å². The third-order valence-corrected chi connectivity index (χ3v) is 7.93. The minimum atomic E-state index is -3.47. The number of pyridine rings is 1. The van der Waals surface area contributed by atoms with Crippen molar-refractivity contribution in [2.75, 3.05) is 25.7 Å². The van der Waals surface area contributed by atoms with Gasteiger partial charge in [0, 0.05) is 30.1 Å². The van der Waals surface area contributed by atoms with E-state index in [2.05, 4.69) is 56.6 Å². The Morgan fingerprint density at radius 1 is 1.11 bits per heavy atom. The molecule has 0 unspecified atom stereocenters. The summed E-state index contributed by atoms with van der Waals surface area (Å²) in [6, 6.07) is 8.84. The van der Waals surface area contributed by atoms with Gasteiger partial charge >= 0.3 is 0 Å². The van der Waals surface area contributed by atoms with E-state index >= 15 is 0 Å². The first-order chi connectivity index (χ1) is 16.8. The molecule has 9 nitrogen and oxygen atoms in total. The fourth-order valence-electron chi connectivity index (χ4n) is 5.12. The zero-order valence-corrected chi connectivity index (χ0v) is 21.2. The van der Waals surface area contributed by atoms with Crippen molar-refractivity contribution in [2.24, 2.45) is 0 Å². The summed E-state index contributed by atoms with van der Waals surface area (Å²) in [5, 5.41) is 9.74. The molecule has 0 aliphatic heterocycles. The number of aryl methyl sites for hydroxylation is 1. The number of anilines is 2. The minimum Gasteiger partial charge on any atom is -0.474 e. The highest BCUT2D eigenvalue weighted by molar-refractivity contribution is 7.90. The van der Waals surface area contributed by atoms with Crippen LogP contribution in [0.1, 0.15) is 43.2 Å². The first kappa shape index (κ1) is 23.7. The molecule has 186 valence electrons. The van der Waals surface area contributed by atoms with E-state index < -0.39 is 9.84 Å². The van der Waals surface area contributed by atoms with Gasteiger partial charge in [-0.05, 0) is 81.8 Å². The average Bonchev–Trinajstić information content (AvgIpc) is 3.49. The molecule has 0 spiro atoms. The maximum Gasteiger partial charge on any atom is 0.247 e. The SMILES string of the molecule is CN(C)C1CCC(Oc2cc(-c3ccc4c(c3Nc3n[nH]c(S(C)(=O)=O)n3)CCC4)ccn2)CC1. The Hall–Kier alpha value is -2.98. The molecule has 0 radical (unpaired) electrons. The number of sulfone groups is 1. The van der Waals surface area contributed by atoms with Gasteiger partial charge in [-0.15, -0.1) is 5.10 Å². The molecule has 3 aromatic rings. The molecule has 2 aromatic heterocycles. The first-order valence-corrected chi connectivity index (χ1v) is 14.0. The molecule has 2 aliphatic carbocycles. The largest absolute Gasteiger partial charge is 0.474 e. The number of hydrogen-bond acceptors (Lipinski definition) is 8. The number of aromatic amines is 1. The van der Waals surface area contributed by atoms with Crippen LogP contribution in [0.2, 0.25) is 0 Å². The van der Waals surface area contributed by atoms with E-state index in [4.69, 9.17) is 4.74 Å². The molecule has 0 atom stereocenters. The number of nitrogens with zero attached hydrogens (tertiary/aromatic N) is 4. The lowest BCUT2D eigenvalue weighted by molar-refractivity contribution is 0.107. The van der Waals surface area contributed by atoms with Crippen molar-refractivity contribution in [2.45, 2.75) is 62.2 Å². The smallest absolute Gasteiger partial charge is 0.247 e. The van der Waals surface area contributed by atoms with Gasteiger partial charge in [0.25, 0.3) is 0 Å². The van der Waals surface area contributed by atoms with Crippen LogP contribution in [0.3, 0.4) is 0 Å². The Balaban J connectivity index is 1.42. The van der Waals surface area contributed by atoms with Crippen molar-refractivity contribution in [1.29, 1.82) is 0 Å². The number of benzene rings is 1. The molecule has 0 saturated heterocycles. The van der Waals surface area contributed by atoms with E-state index in [0.717, 1.165) is 68.0 Å². The van der Waals surface area contributed by atoms with Crippen LogP contribution >= 0.6 is 0 Å². The zero-order valence-electron chi connectivity index (χ0n) is 20.4. The van der Waals surface area contributed by atoms with Crippen molar-refractivity contribution in [3.8, 4) is 17.0 Å². The predicted octanol–water partition coefficient (Wildman–Crippen LogP) is 3.75. The molecule has 10 heteroatoms. The summed E-state index contributed by atoms with van der Waals surface area (Å²) >= 11 is 0. The molecule has 0 bridgehead atoms. The molecule has 2 heterocycles. The van der Waals surface area contributed by atoms with Gasteiger partial charge < -0.3 is 15.0 Å². The van der Waals surface area contributed by atoms with Crippen molar-refractivity contribution in [3.63, 3.8) is 0 Å². The number of H-pyrrole nitrogens is 1. The lowest BCUT2D eigenvalue weighted by atomic mass is 9.92. The van der Waals surface area contributed by atoms with E-state index in [0.29, 0.717) is 11.9 Å². The molecule has 2 N–H and O–H groups in total. The number of ether oxygens (including phenoxy) is 1. The van der Waals surface area contributed by atoms with Crippen LogP contribution in [-0.4, -0.2) is 66.0 Å². The molecule has 1 aromatic carbocycles. The van der Waals surface area contributed by atoms with Crippen molar-refractivity contribution in [1.82, 2.24) is 25.1 Å². The second-order valence-electron chi connectivity index (χ2n) is 9.74. The van der Waals surface area contributed by atoms with Crippen molar-refractivity contribution in [3.05, 3.63) is 41.6 Å². The molecular formula is C25H32N6O3S. The highest BCUT2D eigenvalue weighted by Gasteiger charge is 2.25. The minimum absolute atomic E-state index is 0.155. The van der Waals surface area contributed by atoms with Gasteiger partial charge in [-0.25, -0.2) is 18.5 Å². The van der Waals surface area contributed by atoms with E-state index in [1.165, 1.54) is 11.1 Å². The Kier molecular flexibility index (Phi) is 6.50. The zero-order chi connectivity index (χ0) is 24.6. The Morgan fingerprint density at radius 2 is 1.91 bits per heavy atom. The van der Waals surface area contributed by atoms with Crippen LogP contribution in [0.15, 0.2) is 35.6 Å². The van der Waals surface area contributed by atoms with Crippen molar-refractivity contribution < 1.29 is 13.2 Å². The topological polar surface area (TPSA) is 113 Å². The maximum atomic E-state index is 11.8. The van der Waals surface area contributed by atoms with E-state index in [9.17, 15) is 8.42 Å². The third-order valence-electron chi connectivity index (χ3n) is 7.04. The first-order valence-electron chi connectivity index (χ1n) is 12.1. The molecule has 35 heavy (non-hydrogen) atoms. The second kappa shape index (κ2) is 9.58. The Morgan fingerprint density at radius 3 is 2.63 bits per heavy atom. The van der Waals surface area contributed by atoms with Gasteiger partial charge in [0.1, 0.15) is 6.10 Å². The number of rotatable bonds is 7. The van der Waals surface area contributed by atoms with Gasteiger partial charge in [0.05, 0.1) is 5.69 Å². The fourth-order valence-corrected chi connectivity index (χ4v) is 5.59. The van der Waals surface area contributed by atoms with Crippen LogP contribution in [0, 0.1) is 0 Å². The number of nitrogens with one attached hydrogen (secondary N) is 2. The predicted molar refractivity (Wildman–Crippen MR) is 135 cm³/mol. The van der Waals surface area contributed by atoms with E-state index in [1.54, 1.807) is 6.20 Å². The summed E-state index contributed by atoms with van der Waals surface area (Å²) in [4.78, 5) is 10.9. The quantitative estimate of drug-likeness (QED) is 0.508. The summed E-state index contributed by atoms with van der Waals surface area (Å²) in [7, 11) is 0.804. The van der Waals surface area contributed by atoms with Crippen LogP contribution in [0.25, 0.3) is 11.1 Å². The monoisotopic (exact) mass is 496 g/mol. The molecule has 5 rings (SSSR count). The number of hydrogen-bond donors (Lipinski definition) is 2. The van der Waals surface area contributed by atoms with Crippen LogP contribution in [-0.2, 0) is 22.7 Å². The molecule has 1 saturated carbocycles. The molecular weight excluding hydrogens is 464 g/mol. The summed E-state index contributed by atoms with van der Waals surface area (Å²) < 4.78 is 30.0. The van der Waals surface area contributed by atoms with Gasteiger partial charge in [-0.2, -0.15) is 4.98 Å². The van der Waals surface area contributed by atoms with Gasteiger partial charge in [0.15, 0.2) is 0 Å². The van der Waals surface area contributed by atoms with Gasteiger partial charge in [0.2, 0.25) is 26.8 Å². The molecule has 0 amide bonds. The summed E-state index contributed by atoms with van der Waals surface area (Å²) in [6.45, 7) is 0. The summed E-state index contributed by atoms with van der Waals surface area (Å²) in [5.74, 6) is 0.856. The third kappa shape index (κ3) is 5.18. The van der Waals surface area contributed by atoms with Crippen LogP contribution in [0.5, 0.6) is 5.88 Å². The van der Waals surface area contributed by atoms with Crippen LogP contribution < -0.4 is 10.1 Å². The Labute approximate surface area is 206 Å². The van der Waals surface area contributed by atoms with Gasteiger partial charge in [-0.3, -0.25) is 0 Å². The normalized spacial score (nSPS) is 20.1. The summed E-state index contributed by atoms with van der Waals surface area (Å²) in [5.41, 5.74) is 5.38. The highest BCUT2D eigenvalue weighted by atomic mass is 32.2. The molecule has 2 aliphatic rings. The lowest BCUT2D eigenvalue weighted by Gasteiger charge is -2.32. The highest BCUT2D eigenvalue weighted by Crippen LogP contribution is 2.39. The molecule has 1 fully saturated rings. The Bertz CT molecular complexity index is 1310. The fraction of sp³-hybridized carbons (Fsp3) is 0.480. The van der Waals surface area contributed by atoms with E-state index in [1.807, 2.05) is 12.1 Å². The average molecular weight is 497 g/mol. The van der Waals surface area contributed by atoms with Crippen LogP contribution in [0.4, 0.5) is 11.6 Å². The second-order valence-corrected chi connectivity index (χ2v) is 11.7. The number of fused-ring (bicyclic) bond motifs is 1. The standard InChI is InChI=1S/C25H32N6O3S/c1-31(2)18-8-10-19(11-9-18)34-22-15-17(13-14-26-22)21-12-7-16-5-4-6-20(16)23(21)27-24-28-25(30-29-24)35(3,32)33/h7,12-15,18-19H,4-6,8-11H2,1-3H3,(H2,27,28,29,30). The van der Waals surface area contributed by atoms with Crippen molar-refractivity contribution >= 4 is 21.5 Å². The lowest BCUT2D eigenvalue weighted by Crippen LogP contribution is -2.35. The maximum absolute atomic E-state index is 11.8. The van der Waals surface area contributed by atoms with Gasteiger partial charge in [-0.1, -0.05) is 12.1 Å². The summed E-state index contributed by atoms with van der Waals surface area (Å²) in [6.07, 6.45) is 10.4. The number of aromatic nitrogens is 4.